The Morgan fingerprint density at radius 2 is 1.68 bits per heavy atom. The van der Waals surface area contributed by atoms with Crippen LogP contribution in [-0.2, 0) is 6.54 Å². The molecule has 0 aliphatic carbocycles. The van der Waals surface area contributed by atoms with E-state index in [1.54, 1.807) is 0 Å². The molecule has 1 heterocycles. The Morgan fingerprint density at radius 3 is 2.32 bits per heavy atom. The Labute approximate surface area is 132 Å². The number of hydrogen-bond donors (Lipinski definition) is 1. The third kappa shape index (κ3) is 2.99. The van der Waals surface area contributed by atoms with E-state index in [9.17, 15) is 0 Å². The molecule has 2 aromatic carbocycles. The van der Waals surface area contributed by atoms with E-state index < -0.39 is 0 Å². The lowest BCUT2D eigenvalue weighted by atomic mass is 9.79. The monoisotopic (exact) mass is 294 g/mol. The average molecular weight is 294 g/mol. The van der Waals surface area contributed by atoms with Crippen LogP contribution < -0.4 is 0 Å². The number of hydrogen-bond acceptors (Lipinski definition) is 1. The molecule has 3 atom stereocenters. The van der Waals surface area contributed by atoms with Gasteiger partial charge >= 0.3 is 0 Å². The quantitative estimate of drug-likeness (QED) is 0.662. The van der Waals surface area contributed by atoms with Gasteiger partial charge in [0.05, 0.1) is 26.1 Å². The minimum atomic E-state index is 0.114. The Bertz CT molecular complexity index is 623. The molecule has 2 heteroatoms. The molecule has 3 rings (SSSR count). The van der Waals surface area contributed by atoms with Crippen LogP contribution in [-0.4, -0.2) is 35.8 Å². The van der Waals surface area contributed by atoms with Gasteiger partial charge in [0.1, 0.15) is 12.6 Å². The van der Waals surface area contributed by atoms with Gasteiger partial charge < -0.3 is 9.59 Å². The van der Waals surface area contributed by atoms with Crippen LogP contribution in [0, 0.1) is 0 Å². The zero-order valence-electron chi connectivity index (χ0n) is 13.1. The summed E-state index contributed by atoms with van der Waals surface area (Å²) in [5.74, 6) is 0.540. The molecule has 0 radical (unpaired) electrons. The molecule has 0 saturated carbocycles. The molecule has 1 aliphatic rings. The normalized spacial score (nSPS) is 27.7. The molecule has 0 amide bonds. The lowest BCUT2D eigenvalue weighted by Crippen LogP contribution is -2.65. The first-order chi connectivity index (χ1) is 10.7. The summed E-state index contributed by atoms with van der Waals surface area (Å²) in [4.78, 5) is 0. The average Bonchev–Trinajstić information content (AvgIpc) is 2.55. The third-order valence-corrected chi connectivity index (χ3v) is 4.80. The van der Waals surface area contributed by atoms with Crippen molar-refractivity contribution in [3.63, 3.8) is 0 Å². The lowest BCUT2D eigenvalue weighted by Gasteiger charge is -2.54. The molecule has 22 heavy (non-hydrogen) atoms. The fourth-order valence-electron chi connectivity index (χ4n) is 3.69. The molecule has 114 valence electrons. The predicted molar refractivity (Wildman–Crippen MR) is 90.4 cm³/mol. The molecular weight excluding hydrogens is 270 g/mol. The SMILES string of the molecule is C[N+]1(Cc2ccccc2)C[C@@H](c2ccccc2)[C@@H]1/C=C/CO. The van der Waals surface area contributed by atoms with Crippen molar-refractivity contribution in [1.29, 1.82) is 0 Å². The molecule has 1 saturated heterocycles. The molecule has 0 aromatic heterocycles. The highest BCUT2D eigenvalue weighted by molar-refractivity contribution is 5.25. The Morgan fingerprint density at radius 1 is 1.05 bits per heavy atom. The van der Waals surface area contributed by atoms with Crippen molar-refractivity contribution in [3.05, 3.63) is 83.9 Å². The standard InChI is InChI=1S/C20H24NO/c1-21(15-17-9-4-2-5-10-17)16-19(20(21)13-8-14-22)18-11-6-3-7-12-18/h2-13,19-20,22H,14-16H2,1H3/q+1/b13-8+/t19-,20-,21?/m0/s1. The number of benzene rings is 2. The number of quaternary nitrogens is 1. The van der Waals surface area contributed by atoms with Crippen molar-refractivity contribution in [3.8, 4) is 0 Å². The number of nitrogens with zero attached hydrogens (tertiary/aromatic N) is 1. The summed E-state index contributed by atoms with van der Waals surface area (Å²) in [6, 6.07) is 21.8. The van der Waals surface area contributed by atoms with E-state index in [2.05, 4.69) is 73.8 Å². The van der Waals surface area contributed by atoms with Gasteiger partial charge in [-0.2, -0.15) is 0 Å². The zero-order valence-corrected chi connectivity index (χ0v) is 13.1. The number of likely N-dealkylation sites (N-methyl/N-ethyl adjacent to an activating group) is 1. The third-order valence-electron chi connectivity index (χ3n) is 4.80. The topological polar surface area (TPSA) is 20.2 Å². The largest absolute Gasteiger partial charge is 0.392 e. The summed E-state index contributed by atoms with van der Waals surface area (Å²) in [5.41, 5.74) is 2.78. The van der Waals surface area contributed by atoms with Crippen LogP contribution in [0.15, 0.2) is 72.8 Å². The summed E-state index contributed by atoms with van der Waals surface area (Å²) in [5, 5.41) is 9.16. The van der Waals surface area contributed by atoms with Crippen LogP contribution in [0.5, 0.6) is 0 Å². The van der Waals surface area contributed by atoms with Crippen LogP contribution in [0.25, 0.3) is 0 Å². The molecule has 1 unspecified atom stereocenters. The molecule has 1 aliphatic heterocycles. The molecule has 0 bridgehead atoms. The van der Waals surface area contributed by atoms with Crippen LogP contribution in [0.1, 0.15) is 17.0 Å². The first-order valence-electron chi connectivity index (χ1n) is 7.93. The highest BCUT2D eigenvalue weighted by Gasteiger charge is 2.50. The number of aliphatic hydroxyl groups excluding tert-OH is 1. The van der Waals surface area contributed by atoms with Crippen LogP contribution >= 0.6 is 0 Å². The summed E-state index contributed by atoms with van der Waals surface area (Å²) in [6.45, 7) is 2.29. The van der Waals surface area contributed by atoms with E-state index in [1.165, 1.54) is 11.1 Å². The smallest absolute Gasteiger partial charge is 0.120 e. The highest BCUT2D eigenvalue weighted by atomic mass is 16.2. The fourth-order valence-corrected chi connectivity index (χ4v) is 3.69. The van der Waals surface area contributed by atoms with E-state index >= 15 is 0 Å². The lowest BCUT2D eigenvalue weighted by molar-refractivity contribution is -0.982. The maximum atomic E-state index is 9.16. The van der Waals surface area contributed by atoms with Crippen molar-refractivity contribution in [2.24, 2.45) is 0 Å². The van der Waals surface area contributed by atoms with Crippen molar-refractivity contribution in [2.45, 2.75) is 18.5 Å². The maximum absolute atomic E-state index is 9.16. The van der Waals surface area contributed by atoms with E-state index in [1.807, 2.05) is 6.08 Å². The van der Waals surface area contributed by atoms with Gasteiger partial charge in [-0.05, 0) is 11.6 Å². The highest BCUT2D eigenvalue weighted by Crippen LogP contribution is 2.41. The molecular formula is C20H24NO+. The maximum Gasteiger partial charge on any atom is 0.120 e. The second-order valence-corrected chi connectivity index (χ2v) is 6.42. The Hall–Kier alpha value is -1.90. The van der Waals surface area contributed by atoms with Gasteiger partial charge in [0.25, 0.3) is 0 Å². The van der Waals surface area contributed by atoms with Crippen LogP contribution in [0.4, 0.5) is 0 Å². The number of aliphatic hydroxyl groups is 1. The minimum Gasteiger partial charge on any atom is -0.392 e. The van der Waals surface area contributed by atoms with Gasteiger partial charge in [-0.15, -0.1) is 0 Å². The van der Waals surface area contributed by atoms with Crippen LogP contribution in [0.2, 0.25) is 0 Å². The summed E-state index contributed by atoms with van der Waals surface area (Å²) >= 11 is 0. The first-order valence-corrected chi connectivity index (χ1v) is 7.93. The van der Waals surface area contributed by atoms with Crippen LogP contribution in [0.3, 0.4) is 0 Å². The van der Waals surface area contributed by atoms with E-state index in [-0.39, 0.29) is 6.61 Å². The first kappa shape index (κ1) is 15.0. The Kier molecular flexibility index (Phi) is 4.41. The second kappa shape index (κ2) is 6.47. The minimum absolute atomic E-state index is 0.114. The van der Waals surface area contributed by atoms with Crippen molar-refractivity contribution in [1.82, 2.24) is 0 Å². The molecule has 1 fully saturated rings. The van der Waals surface area contributed by atoms with Crippen molar-refractivity contribution >= 4 is 0 Å². The Balaban J connectivity index is 1.81. The van der Waals surface area contributed by atoms with E-state index in [0.717, 1.165) is 17.6 Å². The van der Waals surface area contributed by atoms with Gasteiger partial charge in [-0.3, -0.25) is 0 Å². The van der Waals surface area contributed by atoms with E-state index in [4.69, 9.17) is 5.11 Å². The van der Waals surface area contributed by atoms with Gasteiger partial charge in [-0.1, -0.05) is 66.7 Å². The fraction of sp³-hybridized carbons (Fsp3) is 0.300. The summed E-state index contributed by atoms with van der Waals surface area (Å²) in [7, 11) is 2.32. The van der Waals surface area contributed by atoms with Gasteiger partial charge in [0, 0.05) is 5.56 Å². The van der Waals surface area contributed by atoms with E-state index in [0.29, 0.717) is 12.0 Å². The summed E-state index contributed by atoms with van der Waals surface area (Å²) in [6.07, 6.45) is 4.09. The van der Waals surface area contributed by atoms with Gasteiger partial charge in [0.15, 0.2) is 0 Å². The predicted octanol–water partition coefficient (Wildman–Crippen LogP) is 3.35. The van der Waals surface area contributed by atoms with Gasteiger partial charge in [-0.25, -0.2) is 0 Å². The number of likely N-dealkylation sites (tertiary alicyclic amines) is 1. The second-order valence-electron chi connectivity index (χ2n) is 6.42. The number of rotatable bonds is 5. The molecule has 2 nitrogen and oxygen atoms in total. The molecule has 0 spiro atoms. The van der Waals surface area contributed by atoms with Crippen molar-refractivity contribution < 1.29 is 9.59 Å². The summed E-state index contributed by atoms with van der Waals surface area (Å²) < 4.78 is 1.00. The molecule has 1 N–H and O–H groups in total. The molecule has 2 aromatic rings. The van der Waals surface area contributed by atoms with Crippen molar-refractivity contribution in [2.75, 3.05) is 20.2 Å². The van der Waals surface area contributed by atoms with Gasteiger partial charge in [0.2, 0.25) is 0 Å². The zero-order chi connectivity index (χ0) is 15.4.